The van der Waals surface area contributed by atoms with Gasteiger partial charge in [-0.1, -0.05) is 11.3 Å². The monoisotopic (exact) mass is 459 g/mol. The molecular weight excluding hydrogens is 435 g/mol. The van der Waals surface area contributed by atoms with Gasteiger partial charge < -0.3 is 20.7 Å². The minimum atomic E-state index is -4.52. The van der Waals surface area contributed by atoms with Crippen molar-refractivity contribution >= 4 is 28.5 Å². The van der Waals surface area contributed by atoms with E-state index in [1.54, 1.807) is 4.90 Å². The van der Waals surface area contributed by atoms with E-state index in [0.717, 1.165) is 19.3 Å². The third-order valence-corrected chi connectivity index (χ3v) is 8.29. The van der Waals surface area contributed by atoms with Crippen molar-refractivity contribution in [2.24, 2.45) is 28.9 Å². The molecule has 4 aliphatic carbocycles. The highest BCUT2D eigenvalue weighted by Gasteiger charge is 2.59. The summed E-state index contributed by atoms with van der Waals surface area (Å²) in [6.45, 7) is 0.785. The second-order valence-corrected chi connectivity index (χ2v) is 10.4. The molecule has 0 spiro atoms. The van der Waals surface area contributed by atoms with Crippen molar-refractivity contribution in [1.82, 2.24) is 15.1 Å². The fourth-order valence-electron chi connectivity index (χ4n) is 6.28. The number of carbonyl (C=O) groups is 2. The molecule has 8 nitrogen and oxygen atoms in total. The third kappa shape index (κ3) is 3.72. The number of aromatic nitrogens is 2. The highest BCUT2D eigenvalue weighted by molar-refractivity contribution is 7.15. The molecule has 4 bridgehead atoms. The average Bonchev–Trinajstić information content (AvgIpc) is 3.34. The van der Waals surface area contributed by atoms with Crippen molar-refractivity contribution in [3.8, 4) is 0 Å². The molecule has 170 valence electrons. The lowest BCUT2D eigenvalue weighted by atomic mass is 9.48. The molecule has 3 atom stereocenters. The summed E-state index contributed by atoms with van der Waals surface area (Å²) < 4.78 is 44.0. The molecular formula is C19H24F3N5O3S. The molecule has 0 radical (unpaired) electrons. The SMILES string of the molecule is NC(=O)C12CC3CC(C1)C(OC(=O)N1CC[C@@H](Nc4nnc(C(F)(F)F)s4)C1)C(C3)C2. The highest BCUT2D eigenvalue weighted by Crippen LogP contribution is 2.60. The van der Waals surface area contributed by atoms with Gasteiger partial charge in [-0.2, -0.15) is 13.2 Å². The molecule has 1 aromatic heterocycles. The highest BCUT2D eigenvalue weighted by atomic mass is 32.1. The first-order valence-corrected chi connectivity index (χ1v) is 11.4. The summed E-state index contributed by atoms with van der Waals surface area (Å²) >= 11 is 0.451. The average molecular weight is 459 g/mol. The summed E-state index contributed by atoms with van der Waals surface area (Å²) in [5.74, 6) is 0.590. The van der Waals surface area contributed by atoms with Gasteiger partial charge in [-0.25, -0.2) is 4.79 Å². The van der Waals surface area contributed by atoms with Crippen LogP contribution in [0.1, 0.15) is 43.5 Å². The summed E-state index contributed by atoms with van der Waals surface area (Å²) in [4.78, 5) is 26.4. The van der Waals surface area contributed by atoms with Crippen molar-refractivity contribution in [3.63, 3.8) is 0 Å². The Morgan fingerprint density at radius 2 is 1.90 bits per heavy atom. The van der Waals surface area contributed by atoms with Gasteiger partial charge >= 0.3 is 12.3 Å². The van der Waals surface area contributed by atoms with Gasteiger partial charge in [0.05, 0.1) is 5.41 Å². The van der Waals surface area contributed by atoms with E-state index in [1.807, 2.05) is 0 Å². The number of nitrogens with one attached hydrogen (secondary N) is 1. The van der Waals surface area contributed by atoms with E-state index < -0.39 is 22.7 Å². The Morgan fingerprint density at radius 3 is 2.52 bits per heavy atom. The maximum atomic E-state index is 12.8. The van der Waals surface area contributed by atoms with Gasteiger partial charge in [0.15, 0.2) is 0 Å². The summed E-state index contributed by atoms with van der Waals surface area (Å²) in [7, 11) is 0. The number of ether oxygens (including phenoxy) is 1. The number of likely N-dealkylation sites (tertiary alicyclic amines) is 1. The molecule has 1 saturated heterocycles. The number of alkyl halides is 3. The second kappa shape index (κ2) is 7.21. The Bertz CT molecular complexity index is 877. The molecule has 12 heteroatoms. The largest absolute Gasteiger partial charge is 0.446 e. The molecule has 0 aromatic carbocycles. The van der Waals surface area contributed by atoms with E-state index in [2.05, 4.69) is 15.5 Å². The molecule has 5 aliphatic rings. The molecule has 1 aliphatic heterocycles. The van der Waals surface area contributed by atoms with Gasteiger partial charge in [0.25, 0.3) is 0 Å². The van der Waals surface area contributed by atoms with Crippen molar-refractivity contribution in [2.45, 2.75) is 56.8 Å². The zero-order valence-corrected chi connectivity index (χ0v) is 17.5. The minimum Gasteiger partial charge on any atom is -0.446 e. The molecule has 1 aromatic rings. The zero-order valence-electron chi connectivity index (χ0n) is 16.7. The van der Waals surface area contributed by atoms with Crippen LogP contribution in [0.25, 0.3) is 0 Å². The van der Waals surface area contributed by atoms with Crippen molar-refractivity contribution < 1.29 is 27.5 Å². The number of hydrogen-bond donors (Lipinski definition) is 2. The van der Waals surface area contributed by atoms with E-state index in [4.69, 9.17) is 10.5 Å². The van der Waals surface area contributed by atoms with Crippen LogP contribution in [-0.4, -0.2) is 52.3 Å². The smallest absolute Gasteiger partial charge is 0.445 e. The van der Waals surface area contributed by atoms with Gasteiger partial charge in [-0.15, -0.1) is 10.2 Å². The van der Waals surface area contributed by atoms with Gasteiger partial charge in [-0.05, 0) is 56.3 Å². The first kappa shape index (κ1) is 20.8. The second-order valence-electron chi connectivity index (χ2n) is 9.45. The third-order valence-electron chi connectivity index (χ3n) is 7.39. The first-order chi connectivity index (χ1) is 14.6. The number of nitrogens with two attached hydrogens (primary N) is 1. The summed E-state index contributed by atoms with van der Waals surface area (Å²) in [5.41, 5.74) is 5.28. The van der Waals surface area contributed by atoms with Crippen molar-refractivity contribution in [3.05, 3.63) is 5.01 Å². The predicted octanol–water partition coefficient (Wildman–Crippen LogP) is 2.86. The summed E-state index contributed by atoms with van der Waals surface area (Å²) in [6.07, 6.45) is -0.360. The van der Waals surface area contributed by atoms with Crippen LogP contribution in [0.2, 0.25) is 0 Å². The molecule has 31 heavy (non-hydrogen) atoms. The van der Waals surface area contributed by atoms with Gasteiger partial charge in [0.2, 0.25) is 16.0 Å². The predicted molar refractivity (Wildman–Crippen MR) is 104 cm³/mol. The van der Waals surface area contributed by atoms with Crippen molar-refractivity contribution in [1.29, 1.82) is 0 Å². The van der Waals surface area contributed by atoms with E-state index in [-0.39, 0.29) is 35.0 Å². The number of hydrogen-bond acceptors (Lipinski definition) is 7. The van der Waals surface area contributed by atoms with E-state index in [0.29, 0.717) is 49.6 Å². The lowest BCUT2D eigenvalue weighted by Crippen LogP contribution is -2.59. The molecule has 4 saturated carbocycles. The normalized spacial score (nSPS) is 36.6. The van der Waals surface area contributed by atoms with E-state index in [9.17, 15) is 22.8 Å². The number of carbonyl (C=O) groups excluding carboxylic acids is 2. The number of anilines is 1. The lowest BCUT2D eigenvalue weighted by molar-refractivity contribution is -0.161. The molecule has 2 amide bonds. The van der Waals surface area contributed by atoms with Crippen molar-refractivity contribution in [2.75, 3.05) is 18.4 Å². The van der Waals surface area contributed by atoms with E-state index >= 15 is 0 Å². The Labute approximate surface area is 180 Å². The maximum absolute atomic E-state index is 12.8. The van der Waals surface area contributed by atoms with Crippen LogP contribution in [0, 0.1) is 23.2 Å². The topological polar surface area (TPSA) is 110 Å². The summed E-state index contributed by atoms with van der Waals surface area (Å²) in [5, 5.41) is 8.73. The van der Waals surface area contributed by atoms with Crippen LogP contribution in [0.4, 0.5) is 23.1 Å². The van der Waals surface area contributed by atoms with Gasteiger partial charge in [0, 0.05) is 19.1 Å². The van der Waals surface area contributed by atoms with Crippen LogP contribution in [-0.2, 0) is 15.7 Å². The fraction of sp³-hybridized carbons (Fsp3) is 0.789. The van der Waals surface area contributed by atoms with Crippen LogP contribution in [0.3, 0.4) is 0 Å². The molecule has 3 N–H and O–H groups in total. The number of primary amides is 1. The number of halogens is 3. The zero-order chi connectivity index (χ0) is 22.0. The number of amides is 2. The van der Waals surface area contributed by atoms with Crippen LogP contribution in [0.5, 0.6) is 0 Å². The Balaban J connectivity index is 1.17. The number of rotatable bonds is 4. The molecule has 2 unspecified atom stereocenters. The summed E-state index contributed by atoms with van der Waals surface area (Å²) in [6, 6.07) is -0.210. The minimum absolute atomic E-state index is 0.0883. The Morgan fingerprint density at radius 1 is 1.19 bits per heavy atom. The van der Waals surface area contributed by atoms with Crippen LogP contribution >= 0.6 is 11.3 Å². The van der Waals surface area contributed by atoms with E-state index in [1.165, 1.54) is 0 Å². The van der Waals surface area contributed by atoms with Crippen LogP contribution in [0.15, 0.2) is 0 Å². The molecule has 2 heterocycles. The fourth-order valence-corrected chi connectivity index (χ4v) is 6.97. The maximum Gasteiger partial charge on any atom is 0.445 e. The van der Waals surface area contributed by atoms with Gasteiger partial charge in [-0.3, -0.25) is 4.79 Å². The molecule has 5 fully saturated rings. The standard InChI is InChI=1S/C19H24F3N5O3S/c20-19(21,22)15-25-26-16(31-15)24-12-1-2-27(8-12)17(29)30-13-10-3-9-4-11(13)7-18(5-9,6-10)14(23)28/h9-13H,1-8H2,(H2,23,28)(H,24,26)/t9?,10?,11?,12-,13?,18?/m1/s1. The van der Waals surface area contributed by atoms with Crippen LogP contribution < -0.4 is 11.1 Å². The first-order valence-electron chi connectivity index (χ1n) is 10.6. The van der Waals surface area contributed by atoms with Gasteiger partial charge in [0.1, 0.15) is 6.10 Å². The Kier molecular flexibility index (Phi) is 4.83. The molecule has 6 rings (SSSR count). The number of nitrogens with zero attached hydrogens (tertiary/aromatic N) is 3. The quantitative estimate of drug-likeness (QED) is 0.717. The lowest BCUT2D eigenvalue weighted by Gasteiger charge is -2.58. The Hall–Kier alpha value is -2.11.